The molecule has 0 radical (unpaired) electrons. The second-order valence-corrected chi connectivity index (χ2v) is 7.97. The third-order valence-electron chi connectivity index (χ3n) is 2.63. The molecule has 0 bridgehead atoms. The van der Waals surface area contributed by atoms with Gasteiger partial charge in [-0.15, -0.1) is 36.6 Å². The van der Waals surface area contributed by atoms with E-state index in [0.29, 0.717) is 5.92 Å². The largest absolute Gasteiger partial charge is 0.168 e. The molecule has 1 aliphatic carbocycles. The van der Waals surface area contributed by atoms with Gasteiger partial charge in [-0.2, -0.15) is 23.6 Å². The number of halogens is 2. The topological polar surface area (TPSA) is 0 Å². The van der Waals surface area contributed by atoms with Crippen molar-refractivity contribution < 1.29 is 20.8 Å². The zero-order valence-corrected chi connectivity index (χ0v) is 15.0. The van der Waals surface area contributed by atoms with Crippen LogP contribution in [0.3, 0.4) is 0 Å². The number of fused-ring (bicyclic) bond motifs is 1. The van der Waals surface area contributed by atoms with Crippen LogP contribution in [0.2, 0.25) is 0 Å². The molecule has 2 aromatic rings. The summed E-state index contributed by atoms with van der Waals surface area (Å²) in [4.78, 5) is 0. The van der Waals surface area contributed by atoms with Gasteiger partial charge in [0.25, 0.3) is 0 Å². The molecule has 98 valence electrons. The fourth-order valence-electron chi connectivity index (χ4n) is 1.82. The minimum atomic E-state index is -0.826. The Morgan fingerprint density at radius 3 is 2.37 bits per heavy atom. The SMILES string of the molecule is CC1=CC(C)[C-]=C1.[Cl][Zr+2][Cl].c1ccc2[cH-]ccc2c1. The van der Waals surface area contributed by atoms with Crippen LogP contribution in [-0.2, 0) is 20.8 Å². The molecule has 1 unspecified atom stereocenters. The van der Waals surface area contributed by atoms with E-state index in [9.17, 15) is 0 Å². The summed E-state index contributed by atoms with van der Waals surface area (Å²) in [5.74, 6) is 0.556. The molecular weight excluding hydrogens is 354 g/mol. The van der Waals surface area contributed by atoms with Crippen LogP contribution in [-0.4, -0.2) is 0 Å². The first-order valence-electron chi connectivity index (χ1n) is 6.01. The van der Waals surface area contributed by atoms with Crippen molar-refractivity contribution in [1.29, 1.82) is 0 Å². The Bertz CT molecular complexity index is 510. The Kier molecular flexibility index (Phi) is 8.54. The number of benzene rings is 1. The second kappa shape index (κ2) is 9.64. The fourth-order valence-corrected chi connectivity index (χ4v) is 1.82. The number of hydrogen-bond acceptors (Lipinski definition) is 0. The molecule has 0 saturated heterocycles. The van der Waals surface area contributed by atoms with Crippen molar-refractivity contribution in [3.63, 3.8) is 0 Å². The maximum absolute atomic E-state index is 4.93. The third kappa shape index (κ3) is 6.66. The molecule has 0 saturated carbocycles. The van der Waals surface area contributed by atoms with E-state index < -0.39 is 20.8 Å². The summed E-state index contributed by atoms with van der Waals surface area (Å²) >= 11 is -0.826. The molecule has 1 aliphatic rings. The zero-order chi connectivity index (χ0) is 14.1. The normalized spacial score (nSPS) is 15.8. The zero-order valence-electron chi connectivity index (χ0n) is 11.0. The van der Waals surface area contributed by atoms with Crippen molar-refractivity contribution in [2.45, 2.75) is 13.8 Å². The molecule has 0 spiro atoms. The van der Waals surface area contributed by atoms with E-state index >= 15 is 0 Å². The quantitative estimate of drug-likeness (QED) is 0.508. The van der Waals surface area contributed by atoms with E-state index in [4.69, 9.17) is 17.0 Å². The predicted octanol–water partition coefficient (Wildman–Crippen LogP) is 5.88. The fraction of sp³-hybridized carbons (Fsp3) is 0.188. The van der Waals surface area contributed by atoms with E-state index in [1.54, 1.807) is 0 Å². The average molecular weight is 370 g/mol. The second-order valence-electron chi connectivity index (χ2n) is 4.24. The minimum absolute atomic E-state index is 0.556. The Morgan fingerprint density at radius 1 is 1.21 bits per heavy atom. The van der Waals surface area contributed by atoms with Crippen LogP contribution in [0.5, 0.6) is 0 Å². The van der Waals surface area contributed by atoms with Gasteiger partial charge in [-0.25, -0.2) is 11.6 Å². The van der Waals surface area contributed by atoms with Crippen LogP contribution < -0.4 is 0 Å². The molecule has 0 N–H and O–H groups in total. The van der Waals surface area contributed by atoms with E-state index in [0.717, 1.165) is 0 Å². The van der Waals surface area contributed by atoms with Crippen LogP contribution in [0.15, 0.2) is 60.2 Å². The number of allylic oxidation sites excluding steroid dienone is 4. The van der Waals surface area contributed by atoms with Gasteiger partial charge in [0.1, 0.15) is 0 Å². The molecule has 0 amide bonds. The summed E-state index contributed by atoms with van der Waals surface area (Å²) in [6.45, 7) is 4.23. The molecule has 2 aromatic carbocycles. The molecule has 0 heterocycles. The summed E-state index contributed by atoms with van der Waals surface area (Å²) in [5.41, 5.74) is 1.34. The van der Waals surface area contributed by atoms with E-state index in [1.165, 1.54) is 16.3 Å². The van der Waals surface area contributed by atoms with Crippen LogP contribution in [0.4, 0.5) is 0 Å². The van der Waals surface area contributed by atoms with Gasteiger partial charge in [0.05, 0.1) is 0 Å². The van der Waals surface area contributed by atoms with Gasteiger partial charge in [0.15, 0.2) is 0 Å². The Balaban J connectivity index is 0.000000162. The minimum Gasteiger partial charge on any atom is -0.168 e. The van der Waals surface area contributed by atoms with Crippen molar-refractivity contribution in [3.8, 4) is 0 Å². The predicted molar refractivity (Wildman–Crippen MR) is 82.0 cm³/mol. The van der Waals surface area contributed by atoms with Gasteiger partial charge in [-0.3, -0.25) is 6.08 Å². The standard InChI is InChI=1S/C9H7.C7H9.2ClH.Zr/c1-2-5-9-7-3-6-8(9)4-1;1-6-3-4-7(2)5-6;;;/h1-7H;3,5,7H,1-2H3;2*1H;/q2*-1;;;+4/p-2. The van der Waals surface area contributed by atoms with Crippen LogP contribution in [0, 0.1) is 12.0 Å². The van der Waals surface area contributed by atoms with Crippen LogP contribution in [0.1, 0.15) is 13.8 Å². The Labute approximate surface area is 134 Å². The molecule has 3 rings (SSSR count). The molecule has 3 heteroatoms. The summed E-state index contributed by atoms with van der Waals surface area (Å²) in [7, 11) is 9.87. The monoisotopic (exact) mass is 368 g/mol. The first-order valence-corrected chi connectivity index (χ1v) is 12.3. The first-order chi connectivity index (χ1) is 9.17. The maximum atomic E-state index is 4.93. The first kappa shape index (κ1) is 16.8. The van der Waals surface area contributed by atoms with Gasteiger partial charge in [0, 0.05) is 0 Å². The molecule has 1 atom stereocenters. The molecular formula is C16H16Cl2Zr. The average Bonchev–Trinajstić information content (AvgIpc) is 2.99. The molecule has 0 aromatic heterocycles. The van der Waals surface area contributed by atoms with Crippen molar-refractivity contribution in [2.24, 2.45) is 5.92 Å². The maximum Gasteiger partial charge on any atom is -0.0809 e. The summed E-state index contributed by atoms with van der Waals surface area (Å²) in [6.07, 6.45) is 7.38. The summed E-state index contributed by atoms with van der Waals surface area (Å²) in [5, 5.41) is 2.66. The Hall–Kier alpha value is -0.227. The van der Waals surface area contributed by atoms with E-state index in [2.05, 4.69) is 68.5 Å². The van der Waals surface area contributed by atoms with Crippen molar-refractivity contribution in [1.82, 2.24) is 0 Å². The van der Waals surface area contributed by atoms with Gasteiger partial charge >= 0.3 is 37.9 Å². The molecule has 0 aliphatic heterocycles. The summed E-state index contributed by atoms with van der Waals surface area (Å²) < 4.78 is 0. The molecule has 0 nitrogen and oxygen atoms in total. The van der Waals surface area contributed by atoms with Gasteiger partial charge < -0.3 is 0 Å². The van der Waals surface area contributed by atoms with Crippen LogP contribution in [0.25, 0.3) is 10.8 Å². The third-order valence-corrected chi connectivity index (χ3v) is 2.63. The smallest absolute Gasteiger partial charge is 0.0809 e. The van der Waals surface area contributed by atoms with Crippen molar-refractivity contribution >= 4 is 27.8 Å². The van der Waals surface area contributed by atoms with E-state index in [-0.39, 0.29) is 0 Å². The molecule has 19 heavy (non-hydrogen) atoms. The van der Waals surface area contributed by atoms with Gasteiger partial charge in [-0.05, 0) is 0 Å². The molecule has 0 fully saturated rings. The van der Waals surface area contributed by atoms with E-state index in [1.807, 2.05) is 6.08 Å². The van der Waals surface area contributed by atoms with Crippen molar-refractivity contribution in [3.05, 3.63) is 66.3 Å². The number of hydrogen-bond donors (Lipinski definition) is 0. The summed E-state index contributed by atoms with van der Waals surface area (Å²) in [6, 6.07) is 14.7. The van der Waals surface area contributed by atoms with Crippen LogP contribution >= 0.6 is 17.0 Å². The number of rotatable bonds is 0. The van der Waals surface area contributed by atoms with Gasteiger partial charge in [0.2, 0.25) is 0 Å². The van der Waals surface area contributed by atoms with Gasteiger partial charge in [-0.1, -0.05) is 18.9 Å². The Morgan fingerprint density at radius 2 is 1.89 bits per heavy atom. The van der Waals surface area contributed by atoms with Crippen molar-refractivity contribution in [2.75, 3.05) is 0 Å².